The lowest BCUT2D eigenvalue weighted by molar-refractivity contribution is -0.138. The topological polar surface area (TPSA) is 40.5 Å². The molecule has 1 aliphatic carbocycles. The SMILES string of the molecule is O=C(O)CN(Cc1cccc(Cl)c1Cl)C1CC1. The summed E-state index contributed by atoms with van der Waals surface area (Å²) in [6, 6.07) is 5.81. The van der Waals surface area contributed by atoms with Crippen LogP contribution in [0, 0.1) is 0 Å². The van der Waals surface area contributed by atoms with Gasteiger partial charge in [-0.05, 0) is 24.5 Å². The summed E-state index contributed by atoms with van der Waals surface area (Å²) in [5.41, 5.74) is 0.882. The van der Waals surface area contributed by atoms with Crippen LogP contribution in [-0.4, -0.2) is 28.6 Å². The Morgan fingerprint density at radius 1 is 1.41 bits per heavy atom. The maximum Gasteiger partial charge on any atom is 0.317 e. The van der Waals surface area contributed by atoms with Gasteiger partial charge in [0.1, 0.15) is 0 Å². The lowest BCUT2D eigenvalue weighted by Gasteiger charge is -2.20. The molecule has 1 aromatic rings. The van der Waals surface area contributed by atoms with Gasteiger partial charge in [0.2, 0.25) is 0 Å². The van der Waals surface area contributed by atoms with Crippen molar-refractivity contribution in [3.8, 4) is 0 Å². The molecule has 0 heterocycles. The van der Waals surface area contributed by atoms with Crippen molar-refractivity contribution in [1.82, 2.24) is 4.90 Å². The third-order valence-electron chi connectivity index (χ3n) is 2.81. The van der Waals surface area contributed by atoms with E-state index in [1.165, 1.54) is 0 Å². The molecule has 1 aliphatic rings. The first-order valence-corrected chi connectivity index (χ1v) is 6.22. The molecule has 2 rings (SSSR count). The van der Waals surface area contributed by atoms with Gasteiger partial charge in [-0.2, -0.15) is 0 Å². The second-order valence-electron chi connectivity index (χ2n) is 4.24. The Bertz CT molecular complexity index is 433. The van der Waals surface area contributed by atoms with Crippen LogP contribution < -0.4 is 0 Å². The Balaban J connectivity index is 2.11. The van der Waals surface area contributed by atoms with Crippen molar-refractivity contribution in [1.29, 1.82) is 0 Å². The van der Waals surface area contributed by atoms with Gasteiger partial charge in [-0.3, -0.25) is 9.69 Å². The highest BCUT2D eigenvalue weighted by atomic mass is 35.5. The Hall–Kier alpha value is -0.770. The van der Waals surface area contributed by atoms with Gasteiger partial charge in [-0.25, -0.2) is 0 Å². The predicted octanol–water partition coefficient (Wildman–Crippen LogP) is 3.04. The highest BCUT2D eigenvalue weighted by Gasteiger charge is 2.30. The molecule has 0 spiro atoms. The molecule has 0 bridgehead atoms. The summed E-state index contributed by atoms with van der Waals surface area (Å²) in [6.07, 6.45) is 2.12. The molecule has 1 aromatic carbocycles. The average Bonchev–Trinajstić information content (AvgIpc) is 3.06. The highest BCUT2D eigenvalue weighted by Crippen LogP contribution is 2.31. The molecule has 1 saturated carbocycles. The number of halogens is 2. The van der Waals surface area contributed by atoms with Gasteiger partial charge in [0.15, 0.2) is 0 Å². The van der Waals surface area contributed by atoms with E-state index in [9.17, 15) is 4.79 Å². The number of nitrogens with zero attached hydrogens (tertiary/aromatic N) is 1. The summed E-state index contributed by atoms with van der Waals surface area (Å²) < 4.78 is 0. The van der Waals surface area contributed by atoms with E-state index in [2.05, 4.69) is 0 Å². The van der Waals surface area contributed by atoms with E-state index < -0.39 is 5.97 Å². The van der Waals surface area contributed by atoms with Gasteiger partial charge >= 0.3 is 5.97 Å². The van der Waals surface area contributed by atoms with E-state index in [0.717, 1.165) is 18.4 Å². The van der Waals surface area contributed by atoms with E-state index in [1.807, 2.05) is 17.0 Å². The fraction of sp³-hybridized carbons (Fsp3) is 0.417. The largest absolute Gasteiger partial charge is 0.480 e. The normalized spacial score (nSPS) is 15.2. The Morgan fingerprint density at radius 2 is 2.12 bits per heavy atom. The molecule has 0 unspecified atom stereocenters. The summed E-state index contributed by atoms with van der Waals surface area (Å²) in [6.45, 7) is 0.587. The molecule has 1 N–H and O–H groups in total. The number of benzene rings is 1. The molecule has 5 heteroatoms. The number of hydrogen-bond donors (Lipinski definition) is 1. The Labute approximate surface area is 110 Å². The smallest absolute Gasteiger partial charge is 0.317 e. The zero-order chi connectivity index (χ0) is 12.4. The molecule has 0 saturated heterocycles. The first kappa shape index (κ1) is 12.7. The zero-order valence-electron chi connectivity index (χ0n) is 9.20. The van der Waals surface area contributed by atoms with Crippen LogP contribution in [-0.2, 0) is 11.3 Å². The van der Waals surface area contributed by atoms with Gasteiger partial charge in [0, 0.05) is 12.6 Å². The van der Waals surface area contributed by atoms with Crippen molar-refractivity contribution >= 4 is 29.2 Å². The standard InChI is InChI=1S/C12H13Cl2NO2/c13-10-3-1-2-8(12(10)14)6-15(7-11(16)17)9-4-5-9/h1-3,9H,4-7H2,(H,16,17). The van der Waals surface area contributed by atoms with Gasteiger partial charge in [0.25, 0.3) is 0 Å². The van der Waals surface area contributed by atoms with Crippen molar-refractivity contribution in [3.05, 3.63) is 33.8 Å². The van der Waals surface area contributed by atoms with Crippen LogP contribution in [0.5, 0.6) is 0 Å². The minimum atomic E-state index is -0.810. The molecule has 0 atom stereocenters. The maximum absolute atomic E-state index is 10.8. The van der Waals surface area contributed by atoms with Crippen LogP contribution in [0.3, 0.4) is 0 Å². The summed E-state index contributed by atoms with van der Waals surface area (Å²) in [5, 5.41) is 9.89. The van der Waals surface area contributed by atoms with Crippen LogP contribution in [0.25, 0.3) is 0 Å². The molecule has 0 amide bonds. The minimum absolute atomic E-state index is 0.0491. The van der Waals surface area contributed by atoms with Crippen LogP contribution >= 0.6 is 23.2 Å². The molecule has 0 aliphatic heterocycles. The number of rotatable bonds is 5. The highest BCUT2D eigenvalue weighted by molar-refractivity contribution is 6.42. The van der Waals surface area contributed by atoms with E-state index in [0.29, 0.717) is 22.6 Å². The van der Waals surface area contributed by atoms with E-state index in [-0.39, 0.29) is 6.54 Å². The van der Waals surface area contributed by atoms with Crippen LogP contribution in [0.4, 0.5) is 0 Å². The summed E-state index contributed by atoms with van der Waals surface area (Å²) >= 11 is 12.0. The number of carbonyl (C=O) groups is 1. The van der Waals surface area contributed by atoms with Gasteiger partial charge in [0.05, 0.1) is 16.6 Å². The molecule has 0 aromatic heterocycles. The summed E-state index contributed by atoms with van der Waals surface area (Å²) in [4.78, 5) is 12.7. The maximum atomic E-state index is 10.8. The molecular weight excluding hydrogens is 261 g/mol. The zero-order valence-corrected chi connectivity index (χ0v) is 10.7. The quantitative estimate of drug-likeness (QED) is 0.897. The van der Waals surface area contributed by atoms with Gasteiger partial charge < -0.3 is 5.11 Å². The van der Waals surface area contributed by atoms with Crippen LogP contribution in [0.1, 0.15) is 18.4 Å². The van der Waals surface area contributed by atoms with Crippen molar-refractivity contribution in [2.24, 2.45) is 0 Å². The molecule has 1 fully saturated rings. The number of carboxylic acid groups (broad SMARTS) is 1. The summed E-state index contributed by atoms with van der Waals surface area (Å²) in [5.74, 6) is -0.810. The Morgan fingerprint density at radius 3 is 2.71 bits per heavy atom. The van der Waals surface area contributed by atoms with Crippen molar-refractivity contribution < 1.29 is 9.90 Å². The Kier molecular flexibility index (Phi) is 3.92. The third kappa shape index (κ3) is 3.35. The molecule has 92 valence electrons. The lowest BCUT2D eigenvalue weighted by Crippen LogP contribution is -2.31. The fourth-order valence-corrected chi connectivity index (χ4v) is 2.20. The lowest BCUT2D eigenvalue weighted by atomic mass is 10.2. The van der Waals surface area contributed by atoms with E-state index in [1.54, 1.807) is 6.07 Å². The van der Waals surface area contributed by atoms with E-state index in [4.69, 9.17) is 28.3 Å². The minimum Gasteiger partial charge on any atom is -0.480 e. The second-order valence-corrected chi connectivity index (χ2v) is 5.03. The first-order chi connectivity index (χ1) is 8.08. The van der Waals surface area contributed by atoms with Gasteiger partial charge in [-0.15, -0.1) is 0 Å². The third-order valence-corrected chi connectivity index (χ3v) is 3.66. The first-order valence-electron chi connectivity index (χ1n) is 5.46. The second kappa shape index (κ2) is 5.25. The monoisotopic (exact) mass is 273 g/mol. The number of carboxylic acids is 1. The molecule has 3 nitrogen and oxygen atoms in total. The fourth-order valence-electron chi connectivity index (χ4n) is 1.82. The predicted molar refractivity (Wildman–Crippen MR) is 67.5 cm³/mol. The number of aliphatic carboxylic acids is 1. The average molecular weight is 274 g/mol. The van der Waals surface area contributed by atoms with Gasteiger partial charge in [-0.1, -0.05) is 35.3 Å². The van der Waals surface area contributed by atoms with Crippen molar-refractivity contribution in [3.63, 3.8) is 0 Å². The molecule has 17 heavy (non-hydrogen) atoms. The van der Waals surface area contributed by atoms with Crippen molar-refractivity contribution in [2.45, 2.75) is 25.4 Å². The van der Waals surface area contributed by atoms with Crippen LogP contribution in [0.2, 0.25) is 10.0 Å². The van der Waals surface area contributed by atoms with Crippen LogP contribution in [0.15, 0.2) is 18.2 Å². The molecule has 0 radical (unpaired) electrons. The van der Waals surface area contributed by atoms with Crippen molar-refractivity contribution in [2.75, 3.05) is 6.54 Å². The molecular formula is C12H13Cl2NO2. The number of hydrogen-bond acceptors (Lipinski definition) is 2. The van der Waals surface area contributed by atoms with E-state index >= 15 is 0 Å². The summed E-state index contributed by atoms with van der Waals surface area (Å²) in [7, 11) is 0.